The second-order valence-electron chi connectivity index (χ2n) is 9.33. The average Bonchev–Trinajstić information content (AvgIpc) is 3.57. The number of benzene rings is 2. The van der Waals surface area contributed by atoms with Gasteiger partial charge in [0, 0.05) is 60.3 Å². The number of nitrogens with one attached hydrogen (secondary N) is 2. The van der Waals surface area contributed by atoms with Crippen LogP contribution >= 0.6 is 23.4 Å². The molecule has 10 heteroatoms. The van der Waals surface area contributed by atoms with Gasteiger partial charge in [-0.15, -0.1) is 0 Å². The molecule has 0 saturated heterocycles. The van der Waals surface area contributed by atoms with Crippen molar-refractivity contribution in [3.63, 3.8) is 0 Å². The number of imidazole rings is 1. The Labute approximate surface area is 236 Å². The van der Waals surface area contributed by atoms with Crippen molar-refractivity contribution >= 4 is 45.6 Å². The van der Waals surface area contributed by atoms with Gasteiger partial charge in [0.25, 0.3) is 0 Å². The molecule has 0 aliphatic rings. The summed E-state index contributed by atoms with van der Waals surface area (Å²) in [6.07, 6.45) is 5.24. The molecule has 0 fully saturated rings. The lowest BCUT2D eigenvalue weighted by molar-refractivity contribution is 0.392. The van der Waals surface area contributed by atoms with Crippen LogP contribution in [0.1, 0.15) is 11.3 Å². The molecule has 3 aromatic heterocycles. The summed E-state index contributed by atoms with van der Waals surface area (Å²) in [6, 6.07) is 17.9. The molecule has 0 amide bonds. The van der Waals surface area contributed by atoms with E-state index in [-0.39, 0.29) is 0 Å². The zero-order valence-corrected chi connectivity index (χ0v) is 23.5. The number of anilines is 2. The first-order valence-corrected chi connectivity index (χ1v) is 13.6. The van der Waals surface area contributed by atoms with Crippen molar-refractivity contribution in [2.24, 2.45) is 7.05 Å². The highest BCUT2D eigenvalue weighted by Gasteiger charge is 2.14. The van der Waals surface area contributed by atoms with Gasteiger partial charge in [-0.05, 0) is 56.6 Å². The first-order chi connectivity index (χ1) is 18.9. The van der Waals surface area contributed by atoms with E-state index in [1.165, 1.54) is 11.8 Å². The molecule has 198 valence electrons. The fourth-order valence-corrected chi connectivity index (χ4v) is 5.17. The van der Waals surface area contributed by atoms with E-state index in [1.54, 1.807) is 12.4 Å². The molecule has 0 radical (unpaired) electrons. The number of pyridine rings is 1. The van der Waals surface area contributed by atoms with Crippen LogP contribution in [0.5, 0.6) is 0 Å². The maximum Gasteiger partial charge on any atom is 0.172 e. The monoisotopic (exact) mass is 557 g/mol. The Morgan fingerprint density at radius 2 is 2.00 bits per heavy atom. The van der Waals surface area contributed by atoms with Crippen LogP contribution in [0.3, 0.4) is 0 Å². The number of aryl methyl sites for hydroxylation is 1. The smallest absolute Gasteiger partial charge is 0.172 e. The fraction of sp³-hybridized carbons (Fsp3) is 0.207. The van der Waals surface area contributed by atoms with Gasteiger partial charge in [-0.1, -0.05) is 29.4 Å². The highest BCUT2D eigenvalue weighted by Crippen LogP contribution is 2.36. The highest BCUT2D eigenvalue weighted by atomic mass is 35.5. The molecule has 0 atom stereocenters. The second kappa shape index (κ2) is 11.9. The zero-order chi connectivity index (χ0) is 27.4. The van der Waals surface area contributed by atoms with E-state index in [0.29, 0.717) is 22.8 Å². The molecule has 0 aliphatic heterocycles. The number of hydrogen-bond acceptors (Lipinski definition) is 8. The van der Waals surface area contributed by atoms with E-state index in [1.807, 2.05) is 66.3 Å². The summed E-state index contributed by atoms with van der Waals surface area (Å²) >= 11 is 8.10. The van der Waals surface area contributed by atoms with Crippen molar-refractivity contribution in [2.75, 3.05) is 32.5 Å². The molecule has 0 aliphatic carbocycles. The summed E-state index contributed by atoms with van der Waals surface area (Å²) in [5.41, 5.74) is 3.57. The van der Waals surface area contributed by atoms with Gasteiger partial charge < -0.3 is 24.5 Å². The Morgan fingerprint density at radius 1 is 1.13 bits per heavy atom. The van der Waals surface area contributed by atoms with Gasteiger partial charge in [0.1, 0.15) is 17.6 Å². The van der Waals surface area contributed by atoms with Gasteiger partial charge in [0.05, 0.1) is 28.3 Å². The number of aromatic nitrogens is 3. The first kappa shape index (κ1) is 26.8. The quantitative estimate of drug-likeness (QED) is 0.193. The molecule has 2 aromatic carbocycles. The number of halogens is 1. The molecular weight excluding hydrogens is 530 g/mol. The largest absolute Gasteiger partial charge is 0.460 e. The van der Waals surface area contributed by atoms with E-state index >= 15 is 0 Å². The first-order valence-electron chi connectivity index (χ1n) is 12.4. The predicted molar refractivity (Wildman–Crippen MR) is 156 cm³/mol. The standard InChI is InChI=1S/C29H28ClN7OS/c1-36(2)12-10-32-18-22-6-8-26(38-22)19-4-7-23-25(14-19)34-17-20(16-31)28(23)35-21-5-9-27(24(30)15-21)39-29-33-11-13-37(29)3/h4-9,11,13-15,17,32H,10,12,18H2,1-3H3,(H,34,35). The summed E-state index contributed by atoms with van der Waals surface area (Å²) < 4.78 is 8.01. The van der Waals surface area contributed by atoms with Crippen molar-refractivity contribution in [2.45, 2.75) is 16.6 Å². The van der Waals surface area contributed by atoms with Gasteiger partial charge in [-0.25, -0.2) is 4.98 Å². The molecule has 39 heavy (non-hydrogen) atoms. The zero-order valence-electron chi connectivity index (χ0n) is 21.9. The SMILES string of the molecule is CN(C)CCNCc1ccc(-c2ccc3c(Nc4ccc(Sc5nccn5C)c(Cl)c4)c(C#N)cnc3c2)o1. The van der Waals surface area contributed by atoms with E-state index in [9.17, 15) is 5.26 Å². The lowest BCUT2D eigenvalue weighted by Crippen LogP contribution is -2.25. The summed E-state index contributed by atoms with van der Waals surface area (Å²) in [4.78, 5) is 11.9. The second-order valence-corrected chi connectivity index (χ2v) is 10.7. The molecule has 2 N–H and O–H groups in total. The minimum atomic E-state index is 0.446. The summed E-state index contributed by atoms with van der Waals surface area (Å²) in [5, 5.41) is 18.8. The molecule has 0 unspecified atom stereocenters. The number of nitrogens with zero attached hydrogens (tertiary/aromatic N) is 5. The van der Waals surface area contributed by atoms with Crippen LogP contribution in [0, 0.1) is 11.3 Å². The lowest BCUT2D eigenvalue weighted by atomic mass is 10.1. The molecule has 0 saturated carbocycles. The van der Waals surface area contributed by atoms with Crippen LogP contribution < -0.4 is 10.6 Å². The Morgan fingerprint density at radius 3 is 2.74 bits per heavy atom. The molecule has 8 nitrogen and oxygen atoms in total. The molecule has 0 spiro atoms. The Bertz CT molecular complexity index is 1650. The Kier molecular flexibility index (Phi) is 8.19. The van der Waals surface area contributed by atoms with Crippen molar-refractivity contribution in [3.8, 4) is 17.4 Å². The third-order valence-corrected chi connectivity index (χ3v) is 7.73. The van der Waals surface area contributed by atoms with Crippen LogP contribution in [0.15, 0.2) is 81.6 Å². The Balaban J connectivity index is 1.37. The van der Waals surface area contributed by atoms with Gasteiger partial charge in [-0.2, -0.15) is 5.26 Å². The maximum atomic E-state index is 9.79. The predicted octanol–water partition coefficient (Wildman–Crippen LogP) is 6.30. The van der Waals surface area contributed by atoms with Gasteiger partial charge in [-0.3, -0.25) is 4.98 Å². The third kappa shape index (κ3) is 6.27. The number of nitriles is 1. The summed E-state index contributed by atoms with van der Waals surface area (Å²) in [7, 11) is 6.05. The van der Waals surface area contributed by atoms with Crippen molar-refractivity contribution in [3.05, 3.63) is 83.5 Å². The van der Waals surface area contributed by atoms with Crippen molar-refractivity contribution in [1.82, 2.24) is 24.8 Å². The molecule has 0 bridgehead atoms. The van der Waals surface area contributed by atoms with Gasteiger partial charge >= 0.3 is 0 Å². The number of rotatable bonds is 10. The molecule has 5 rings (SSSR count). The normalized spacial score (nSPS) is 11.3. The third-order valence-electron chi connectivity index (χ3n) is 6.15. The summed E-state index contributed by atoms with van der Waals surface area (Å²) in [6.45, 7) is 2.52. The van der Waals surface area contributed by atoms with Gasteiger partial charge in [0.15, 0.2) is 5.16 Å². The van der Waals surface area contributed by atoms with Crippen molar-refractivity contribution in [1.29, 1.82) is 5.26 Å². The van der Waals surface area contributed by atoms with E-state index < -0.39 is 0 Å². The average molecular weight is 558 g/mol. The highest BCUT2D eigenvalue weighted by molar-refractivity contribution is 7.99. The number of likely N-dealkylation sites (N-methyl/N-ethyl adjacent to an activating group) is 1. The van der Waals surface area contributed by atoms with E-state index in [0.717, 1.165) is 56.8 Å². The van der Waals surface area contributed by atoms with Crippen LogP contribution in [-0.2, 0) is 13.6 Å². The number of hydrogen-bond donors (Lipinski definition) is 2. The summed E-state index contributed by atoms with van der Waals surface area (Å²) in [5.74, 6) is 1.65. The van der Waals surface area contributed by atoms with Crippen LogP contribution in [-0.4, -0.2) is 46.6 Å². The van der Waals surface area contributed by atoms with Crippen LogP contribution in [0.2, 0.25) is 5.02 Å². The minimum absolute atomic E-state index is 0.446. The van der Waals surface area contributed by atoms with E-state index in [2.05, 4.69) is 45.7 Å². The van der Waals surface area contributed by atoms with E-state index in [4.69, 9.17) is 16.0 Å². The van der Waals surface area contributed by atoms with Crippen LogP contribution in [0.25, 0.3) is 22.2 Å². The Hall–Kier alpha value is -3.81. The van der Waals surface area contributed by atoms with Crippen LogP contribution in [0.4, 0.5) is 11.4 Å². The number of furan rings is 1. The molecule has 5 aromatic rings. The molecular formula is C29H28ClN7OS. The lowest BCUT2D eigenvalue weighted by Gasteiger charge is -2.13. The topological polar surface area (TPSA) is 94.9 Å². The molecule has 3 heterocycles. The minimum Gasteiger partial charge on any atom is -0.460 e. The number of fused-ring (bicyclic) bond motifs is 1. The fourth-order valence-electron chi connectivity index (χ4n) is 4.06. The maximum absolute atomic E-state index is 9.79. The van der Waals surface area contributed by atoms with Gasteiger partial charge in [0.2, 0.25) is 0 Å². The van der Waals surface area contributed by atoms with Crippen molar-refractivity contribution < 1.29 is 4.42 Å².